The van der Waals surface area contributed by atoms with E-state index < -0.39 is 5.82 Å². The average Bonchev–Trinajstić information content (AvgIpc) is 3.47. The molecule has 0 bridgehead atoms. The highest BCUT2D eigenvalue weighted by atomic mass is 19.1. The van der Waals surface area contributed by atoms with E-state index in [1.807, 2.05) is 6.92 Å². The number of ether oxygens (including phenoxy) is 1. The molecule has 6 heteroatoms. The van der Waals surface area contributed by atoms with Crippen LogP contribution in [0, 0.1) is 11.7 Å². The van der Waals surface area contributed by atoms with Crippen LogP contribution in [0.15, 0.2) is 24.3 Å². The fourth-order valence-corrected chi connectivity index (χ4v) is 3.46. The second-order valence-electron chi connectivity index (χ2n) is 7.90. The number of nitrogens with one attached hydrogen (secondary N) is 1. The third-order valence-electron chi connectivity index (χ3n) is 5.47. The Kier molecular flexibility index (Phi) is 7.67. The summed E-state index contributed by atoms with van der Waals surface area (Å²) in [6.45, 7) is 2.61. The van der Waals surface area contributed by atoms with Crippen LogP contribution < -0.4 is 10.1 Å². The zero-order chi connectivity index (χ0) is 20.6. The number of rotatable bonds is 12. The van der Waals surface area contributed by atoms with E-state index in [0.717, 1.165) is 30.9 Å². The van der Waals surface area contributed by atoms with Crippen molar-refractivity contribution in [2.75, 3.05) is 6.61 Å². The van der Waals surface area contributed by atoms with Crippen molar-refractivity contribution < 1.29 is 13.9 Å². The van der Waals surface area contributed by atoms with Gasteiger partial charge in [0.1, 0.15) is 5.69 Å². The SMILES string of the molecule is CCc1cc(C(=O)NCc2cccc(OCCCCCCC3CC3)c2F)n(C)n1. The van der Waals surface area contributed by atoms with Crippen LogP contribution in [0.4, 0.5) is 4.39 Å². The largest absolute Gasteiger partial charge is 0.491 e. The molecule has 1 heterocycles. The van der Waals surface area contributed by atoms with Gasteiger partial charge in [0, 0.05) is 19.2 Å². The molecule has 0 spiro atoms. The van der Waals surface area contributed by atoms with Gasteiger partial charge in [-0.2, -0.15) is 5.10 Å². The number of nitrogens with zero attached hydrogens (tertiary/aromatic N) is 2. The lowest BCUT2D eigenvalue weighted by Gasteiger charge is -2.11. The maximum absolute atomic E-state index is 14.7. The first kappa shape index (κ1) is 21.3. The normalized spacial score (nSPS) is 13.5. The van der Waals surface area contributed by atoms with Gasteiger partial charge in [-0.25, -0.2) is 4.39 Å². The second kappa shape index (κ2) is 10.4. The molecule has 0 atom stereocenters. The summed E-state index contributed by atoms with van der Waals surface area (Å²) in [6.07, 6.45) is 9.53. The standard InChI is InChI=1S/C23H32FN3O2/c1-3-19-15-20(27(2)26-19)23(28)25-16-18-10-8-11-21(22(18)24)29-14-7-5-4-6-9-17-12-13-17/h8,10-11,15,17H,3-7,9,12-14,16H2,1-2H3,(H,25,28). The molecular formula is C23H32FN3O2. The third-order valence-corrected chi connectivity index (χ3v) is 5.47. The first-order chi connectivity index (χ1) is 14.1. The first-order valence-corrected chi connectivity index (χ1v) is 10.8. The Hall–Kier alpha value is -2.37. The molecule has 158 valence electrons. The van der Waals surface area contributed by atoms with Gasteiger partial charge in [-0.1, -0.05) is 57.6 Å². The van der Waals surface area contributed by atoms with Crippen molar-refractivity contribution in [1.82, 2.24) is 15.1 Å². The van der Waals surface area contributed by atoms with E-state index >= 15 is 0 Å². The zero-order valence-electron chi connectivity index (χ0n) is 17.5. The number of carbonyl (C=O) groups excluding carboxylic acids is 1. The summed E-state index contributed by atoms with van der Waals surface area (Å²) in [5.41, 5.74) is 1.74. The maximum Gasteiger partial charge on any atom is 0.269 e. The monoisotopic (exact) mass is 401 g/mol. The molecule has 1 aromatic carbocycles. The number of carbonyl (C=O) groups is 1. The molecule has 1 fully saturated rings. The van der Waals surface area contributed by atoms with E-state index in [2.05, 4.69) is 10.4 Å². The number of hydrogen-bond acceptors (Lipinski definition) is 3. The van der Waals surface area contributed by atoms with Crippen LogP contribution in [0.1, 0.15) is 73.6 Å². The number of hydrogen-bond donors (Lipinski definition) is 1. The number of unbranched alkanes of at least 4 members (excludes halogenated alkanes) is 3. The molecule has 1 aliphatic rings. The van der Waals surface area contributed by atoms with E-state index in [4.69, 9.17) is 4.74 Å². The van der Waals surface area contributed by atoms with E-state index in [-0.39, 0.29) is 18.2 Å². The molecule has 1 saturated carbocycles. The van der Waals surface area contributed by atoms with Gasteiger partial charge in [0.25, 0.3) is 5.91 Å². The number of amides is 1. The minimum Gasteiger partial charge on any atom is -0.491 e. The predicted octanol–water partition coefficient (Wildman–Crippen LogP) is 4.79. The molecule has 1 N–H and O–H groups in total. The maximum atomic E-state index is 14.7. The van der Waals surface area contributed by atoms with Gasteiger partial charge in [0.15, 0.2) is 11.6 Å². The molecule has 0 saturated heterocycles. The first-order valence-electron chi connectivity index (χ1n) is 10.8. The van der Waals surface area contributed by atoms with Crippen LogP contribution in [-0.4, -0.2) is 22.3 Å². The summed E-state index contributed by atoms with van der Waals surface area (Å²) in [6, 6.07) is 6.83. The van der Waals surface area contributed by atoms with Crippen molar-refractivity contribution in [2.24, 2.45) is 13.0 Å². The van der Waals surface area contributed by atoms with Crippen molar-refractivity contribution in [3.05, 3.63) is 47.0 Å². The molecule has 2 aromatic rings. The van der Waals surface area contributed by atoms with Crippen LogP contribution in [0.3, 0.4) is 0 Å². The Morgan fingerprint density at radius 3 is 2.79 bits per heavy atom. The van der Waals surface area contributed by atoms with Gasteiger partial charge >= 0.3 is 0 Å². The van der Waals surface area contributed by atoms with Crippen molar-refractivity contribution in [3.8, 4) is 5.75 Å². The number of aromatic nitrogens is 2. The molecule has 0 radical (unpaired) electrons. The zero-order valence-corrected chi connectivity index (χ0v) is 17.5. The van der Waals surface area contributed by atoms with Gasteiger partial charge < -0.3 is 10.1 Å². The van der Waals surface area contributed by atoms with E-state index in [1.54, 1.807) is 36.0 Å². The summed E-state index contributed by atoms with van der Waals surface area (Å²) < 4.78 is 21.9. The summed E-state index contributed by atoms with van der Waals surface area (Å²) in [4.78, 5) is 12.4. The number of aryl methyl sites for hydroxylation is 2. The Balaban J connectivity index is 1.43. The summed E-state index contributed by atoms with van der Waals surface area (Å²) in [7, 11) is 1.73. The van der Waals surface area contributed by atoms with Crippen LogP contribution in [0.5, 0.6) is 5.75 Å². The second-order valence-corrected chi connectivity index (χ2v) is 7.90. The fourth-order valence-electron chi connectivity index (χ4n) is 3.46. The van der Waals surface area contributed by atoms with Crippen molar-refractivity contribution >= 4 is 5.91 Å². The molecule has 5 nitrogen and oxygen atoms in total. The molecule has 0 aliphatic heterocycles. The van der Waals surface area contributed by atoms with Crippen molar-refractivity contribution in [1.29, 1.82) is 0 Å². The molecule has 1 amide bonds. The average molecular weight is 402 g/mol. The predicted molar refractivity (Wildman–Crippen MR) is 111 cm³/mol. The lowest BCUT2D eigenvalue weighted by Crippen LogP contribution is -2.25. The highest BCUT2D eigenvalue weighted by Gasteiger charge is 2.19. The van der Waals surface area contributed by atoms with Crippen LogP contribution in [0.25, 0.3) is 0 Å². The summed E-state index contributed by atoms with van der Waals surface area (Å²) >= 11 is 0. The van der Waals surface area contributed by atoms with E-state index in [9.17, 15) is 9.18 Å². The van der Waals surface area contributed by atoms with Gasteiger partial charge in [-0.3, -0.25) is 9.48 Å². The minimum atomic E-state index is -0.402. The quantitative estimate of drug-likeness (QED) is 0.520. The molecule has 29 heavy (non-hydrogen) atoms. The van der Waals surface area contributed by atoms with Crippen molar-refractivity contribution in [2.45, 2.75) is 64.8 Å². The molecular weight excluding hydrogens is 369 g/mol. The molecule has 1 aliphatic carbocycles. The summed E-state index contributed by atoms with van der Waals surface area (Å²) in [5.74, 6) is 0.580. The van der Waals surface area contributed by atoms with E-state index in [0.29, 0.717) is 17.9 Å². The fraction of sp³-hybridized carbons (Fsp3) is 0.565. The lowest BCUT2D eigenvalue weighted by atomic mass is 10.1. The lowest BCUT2D eigenvalue weighted by molar-refractivity contribution is 0.0941. The summed E-state index contributed by atoms with van der Waals surface area (Å²) in [5, 5.41) is 7.04. The highest BCUT2D eigenvalue weighted by molar-refractivity contribution is 5.92. The minimum absolute atomic E-state index is 0.107. The Labute approximate surface area is 172 Å². The highest BCUT2D eigenvalue weighted by Crippen LogP contribution is 2.34. The Bertz CT molecular complexity index is 814. The molecule has 3 rings (SSSR count). The number of benzene rings is 1. The Morgan fingerprint density at radius 1 is 1.28 bits per heavy atom. The van der Waals surface area contributed by atoms with E-state index in [1.165, 1.54) is 32.1 Å². The van der Waals surface area contributed by atoms with Gasteiger partial charge in [-0.05, 0) is 30.9 Å². The van der Waals surface area contributed by atoms with Crippen LogP contribution in [0.2, 0.25) is 0 Å². The van der Waals surface area contributed by atoms with Gasteiger partial charge in [0.2, 0.25) is 0 Å². The molecule has 0 unspecified atom stereocenters. The third kappa shape index (κ3) is 6.31. The van der Waals surface area contributed by atoms with Gasteiger partial charge in [-0.15, -0.1) is 0 Å². The smallest absolute Gasteiger partial charge is 0.269 e. The molecule has 1 aromatic heterocycles. The van der Waals surface area contributed by atoms with Crippen molar-refractivity contribution in [3.63, 3.8) is 0 Å². The topological polar surface area (TPSA) is 56.1 Å². The van der Waals surface area contributed by atoms with Crippen LogP contribution in [-0.2, 0) is 20.0 Å². The van der Waals surface area contributed by atoms with Gasteiger partial charge in [0.05, 0.1) is 12.3 Å². The van der Waals surface area contributed by atoms with Crippen LogP contribution >= 0.6 is 0 Å². The number of halogens is 1. The Morgan fingerprint density at radius 2 is 2.07 bits per heavy atom.